The summed E-state index contributed by atoms with van der Waals surface area (Å²) in [5.41, 5.74) is 0. The quantitative estimate of drug-likeness (QED) is 0.903. The van der Waals surface area contributed by atoms with Gasteiger partial charge in [-0.1, -0.05) is 20.8 Å². The van der Waals surface area contributed by atoms with E-state index < -0.39 is 0 Å². The molecule has 21 heavy (non-hydrogen) atoms. The summed E-state index contributed by atoms with van der Waals surface area (Å²) in [5.74, 6) is 3.28. The van der Waals surface area contributed by atoms with Crippen LogP contribution in [0.3, 0.4) is 0 Å². The van der Waals surface area contributed by atoms with Gasteiger partial charge in [0.25, 0.3) is 0 Å². The summed E-state index contributed by atoms with van der Waals surface area (Å²) in [7, 11) is 2.22. The van der Waals surface area contributed by atoms with E-state index >= 15 is 0 Å². The Morgan fingerprint density at radius 1 is 1.29 bits per heavy atom. The van der Waals surface area contributed by atoms with Crippen molar-refractivity contribution in [1.29, 1.82) is 0 Å². The van der Waals surface area contributed by atoms with Gasteiger partial charge in [-0.05, 0) is 20.4 Å². The zero-order valence-electron chi connectivity index (χ0n) is 14.1. The average molecular weight is 291 g/mol. The van der Waals surface area contributed by atoms with Gasteiger partial charge in [-0.25, -0.2) is 9.97 Å². The third kappa shape index (κ3) is 3.84. The SMILES string of the molecule is CCNc1cc(N2CCN(C)C(CC)C2)nc(C(C)C)n1. The van der Waals surface area contributed by atoms with Crippen molar-refractivity contribution in [3.05, 3.63) is 11.9 Å². The lowest BCUT2D eigenvalue weighted by atomic mass is 10.1. The van der Waals surface area contributed by atoms with Crippen LogP contribution in [-0.2, 0) is 0 Å². The highest BCUT2D eigenvalue weighted by Gasteiger charge is 2.24. The molecule has 118 valence electrons. The molecule has 2 heterocycles. The van der Waals surface area contributed by atoms with Crippen LogP contribution in [0.2, 0.25) is 0 Å². The fraction of sp³-hybridized carbons (Fsp3) is 0.750. The molecule has 0 radical (unpaired) electrons. The summed E-state index contributed by atoms with van der Waals surface area (Å²) in [4.78, 5) is 14.3. The van der Waals surface area contributed by atoms with Crippen molar-refractivity contribution in [3.8, 4) is 0 Å². The molecule has 1 aromatic heterocycles. The molecule has 0 bridgehead atoms. The molecular formula is C16H29N5. The Hall–Kier alpha value is -1.36. The van der Waals surface area contributed by atoms with Gasteiger partial charge in [-0.2, -0.15) is 0 Å². The zero-order valence-corrected chi connectivity index (χ0v) is 14.1. The fourth-order valence-electron chi connectivity index (χ4n) is 2.74. The Morgan fingerprint density at radius 3 is 2.67 bits per heavy atom. The maximum Gasteiger partial charge on any atom is 0.135 e. The van der Waals surface area contributed by atoms with Crippen LogP contribution in [0.4, 0.5) is 11.6 Å². The van der Waals surface area contributed by atoms with Crippen LogP contribution >= 0.6 is 0 Å². The molecule has 0 amide bonds. The second-order valence-corrected chi connectivity index (χ2v) is 6.14. The number of hydrogen-bond acceptors (Lipinski definition) is 5. The maximum absolute atomic E-state index is 4.79. The van der Waals surface area contributed by atoms with Crippen LogP contribution in [0.1, 0.15) is 45.9 Å². The van der Waals surface area contributed by atoms with Crippen LogP contribution in [0.25, 0.3) is 0 Å². The Kier molecular flexibility index (Phi) is 5.39. The fourth-order valence-corrected chi connectivity index (χ4v) is 2.74. The van der Waals surface area contributed by atoms with Gasteiger partial charge in [0.15, 0.2) is 0 Å². The van der Waals surface area contributed by atoms with Gasteiger partial charge < -0.3 is 10.2 Å². The van der Waals surface area contributed by atoms with Gasteiger partial charge >= 0.3 is 0 Å². The number of anilines is 2. The molecule has 1 aliphatic rings. The Morgan fingerprint density at radius 2 is 2.05 bits per heavy atom. The van der Waals surface area contributed by atoms with E-state index in [0.29, 0.717) is 12.0 Å². The van der Waals surface area contributed by atoms with Gasteiger partial charge in [0.05, 0.1) is 0 Å². The van der Waals surface area contributed by atoms with Gasteiger partial charge in [-0.3, -0.25) is 4.90 Å². The highest BCUT2D eigenvalue weighted by Crippen LogP contribution is 2.23. The van der Waals surface area contributed by atoms with Crippen molar-refractivity contribution < 1.29 is 0 Å². The second-order valence-electron chi connectivity index (χ2n) is 6.14. The van der Waals surface area contributed by atoms with Crippen molar-refractivity contribution in [2.75, 3.05) is 43.4 Å². The lowest BCUT2D eigenvalue weighted by molar-refractivity contribution is 0.213. The summed E-state index contributed by atoms with van der Waals surface area (Å²) in [6.45, 7) is 12.7. The van der Waals surface area contributed by atoms with E-state index in [1.165, 1.54) is 6.42 Å². The Labute approximate surface area is 128 Å². The molecule has 1 saturated heterocycles. The summed E-state index contributed by atoms with van der Waals surface area (Å²) in [6.07, 6.45) is 1.18. The minimum absolute atomic E-state index is 0.344. The molecule has 2 rings (SSSR count). The molecule has 0 aliphatic carbocycles. The molecule has 1 N–H and O–H groups in total. The van der Waals surface area contributed by atoms with Crippen molar-refractivity contribution in [1.82, 2.24) is 14.9 Å². The molecule has 5 nitrogen and oxygen atoms in total. The predicted molar refractivity (Wildman–Crippen MR) is 89.2 cm³/mol. The molecule has 0 saturated carbocycles. The third-order valence-corrected chi connectivity index (χ3v) is 4.18. The third-order valence-electron chi connectivity index (χ3n) is 4.18. The van der Waals surface area contributed by atoms with E-state index in [1.807, 2.05) is 0 Å². The minimum atomic E-state index is 0.344. The lowest BCUT2D eigenvalue weighted by Crippen LogP contribution is -2.51. The Bertz CT molecular complexity index is 460. The minimum Gasteiger partial charge on any atom is -0.370 e. The number of hydrogen-bond donors (Lipinski definition) is 1. The largest absolute Gasteiger partial charge is 0.370 e. The van der Waals surface area contributed by atoms with Gasteiger partial charge in [0.2, 0.25) is 0 Å². The summed E-state index contributed by atoms with van der Waals surface area (Å²) in [6, 6.07) is 2.70. The number of nitrogens with zero attached hydrogens (tertiary/aromatic N) is 4. The topological polar surface area (TPSA) is 44.3 Å². The summed E-state index contributed by atoms with van der Waals surface area (Å²) >= 11 is 0. The number of rotatable bonds is 5. The van der Waals surface area contributed by atoms with Crippen molar-refractivity contribution in [2.45, 2.75) is 46.1 Å². The second kappa shape index (κ2) is 7.07. The standard InChI is InChI=1S/C16H29N5/c1-6-13-11-21(9-8-20(13)5)15-10-14(17-7-2)18-16(19-15)12(3)4/h10,12-13H,6-9,11H2,1-5H3,(H,17,18,19). The maximum atomic E-state index is 4.79. The number of aromatic nitrogens is 2. The molecule has 1 aliphatic heterocycles. The summed E-state index contributed by atoms with van der Waals surface area (Å²) < 4.78 is 0. The molecule has 5 heteroatoms. The highest BCUT2D eigenvalue weighted by atomic mass is 15.3. The van der Waals surface area contributed by atoms with Gasteiger partial charge in [0, 0.05) is 44.2 Å². The Balaban J connectivity index is 2.25. The molecular weight excluding hydrogens is 262 g/mol. The van der Waals surface area contributed by atoms with Crippen molar-refractivity contribution in [2.24, 2.45) is 0 Å². The first-order valence-corrected chi connectivity index (χ1v) is 8.13. The first-order chi connectivity index (χ1) is 10.0. The van der Waals surface area contributed by atoms with Crippen molar-refractivity contribution >= 4 is 11.6 Å². The monoisotopic (exact) mass is 291 g/mol. The average Bonchev–Trinajstić information content (AvgIpc) is 2.47. The van der Waals surface area contributed by atoms with E-state index in [-0.39, 0.29) is 0 Å². The van der Waals surface area contributed by atoms with Crippen LogP contribution in [0.15, 0.2) is 6.07 Å². The molecule has 0 spiro atoms. The predicted octanol–water partition coefficient (Wildman–Crippen LogP) is 2.56. The molecule has 0 aromatic carbocycles. The first kappa shape index (κ1) is 16.0. The normalized spacial score (nSPS) is 20.1. The highest BCUT2D eigenvalue weighted by molar-refractivity contribution is 5.50. The van der Waals surface area contributed by atoms with Crippen LogP contribution in [0.5, 0.6) is 0 Å². The molecule has 1 fully saturated rings. The molecule has 1 unspecified atom stereocenters. The van der Waals surface area contributed by atoms with Crippen LogP contribution < -0.4 is 10.2 Å². The van der Waals surface area contributed by atoms with Gasteiger partial charge in [0.1, 0.15) is 17.5 Å². The van der Waals surface area contributed by atoms with E-state index in [9.17, 15) is 0 Å². The zero-order chi connectivity index (χ0) is 15.4. The number of piperazine rings is 1. The molecule has 1 atom stereocenters. The van der Waals surface area contributed by atoms with Crippen molar-refractivity contribution in [3.63, 3.8) is 0 Å². The van der Waals surface area contributed by atoms with Crippen LogP contribution in [0, 0.1) is 0 Å². The van der Waals surface area contributed by atoms with Crippen LogP contribution in [-0.4, -0.2) is 54.1 Å². The van der Waals surface area contributed by atoms with E-state index in [1.54, 1.807) is 0 Å². The van der Waals surface area contributed by atoms with E-state index in [0.717, 1.165) is 43.6 Å². The van der Waals surface area contributed by atoms with Gasteiger partial charge in [-0.15, -0.1) is 0 Å². The summed E-state index contributed by atoms with van der Waals surface area (Å²) in [5, 5.41) is 3.33. The number of likely N-dealkylation sites (N-methyl/N-ethyl adjacent to an activating group) is 1. The van der Waals surface area contributed by atoms with E-state index in [2.05, 4.69) is 60.9 Å². The smallest absolute Gasteiger partial charge is 0.135 e. The van der Waals surface area contributed by atoms with E-state index in [4.69, 9.17) is 4.98 Å². The lowest BCUT2D eigenvalue weighted by Gasteiger charge is -2.39. The molecule has 1 aromatic rings. The first-order valence-electron chi connectivity index (χ1n) is 8.13. The number of nitrogens with one attached hydrogen (secondary N) is 1.